The molecule has 7 rings (SSSR count). The summed E-state index contributed by atoms with van der Waals surface area (Å²) in [5.74, 6) is 0.572. The molecule has 12 nitrogen and oxygen atoms in total. The van der Waals surface area contributed by atoms with Crippen LogP contribution in [0, 0.1) is 12.7 Å². The van der Waals surface area contributed by atoms with E-state index in [9.17, 15) is 4.79 Å². The van der Waals surface area contributed by atoms with Crippen molar-refractivity contribution in [1.82, 2.24) is 40.5 Å². The monoisotopic (exact) mass is 573 g/mol. The van der Waals surface area contributed by atoms with Crippen molar-refractivity contribution in [3.63, 3.8) is 0 Å². The largest absolute Gasteiger partial charge is 0.484 e. The average Bonchev–Trinajstić information content (AvgIpc) is 3.67. The molecule has 0 saturated heterocycles. The summed E-state index contributed by atoms with van der Waals surface area (Å²) in [6.45, 7) is 8.41. The number of fused-ring (bicyclic) bond motifs is 4. The van der Waals surface area contributed by atoms with Crippen LogP contribution in [0.25, 0.3) is 22.0 Å². The molecule has 3 aliphatic rings. The highest BCUT2D eigenvalue weighted by atomic mass is 19.1. The minimum Gasteiger partial charge on any atom is -0.484 e. The van der Waals surface area contributed by atoms with E-state index in [0.29, 0.717) is 58.5 Å². The fraction of sp³-hybridized carbons (Fsp3) is 0.483. The van der Waals surface area contributed by atoms with E-state index in [2.05, 4.69) is 36.0 Å². The number of amides is 1. The van der Waals surface area contributed by atoms with Crippen LogP contribution in [0.3, 0.4) is 0 Å². The zero-order valence-corrected chi connectivity index (χ0v) is 24.0. The number of aromatic nitrogens is 7. The van der Waals surface area contributed by atoms with Crippen molar-refractivity contribution >= 4 is 22.8 Å². The zero-order chi connectivity index (χ0) is 29.3. The number of anilines is 1. The third-order valence-electron chi connectivity index (χ3n) is 8.53. The number of halogens is 1. The molecule has 1 aromatic carbocycles. The number of nitrogens with zero attached hydrogens (tertiary/aromatic N) is 7. The predicted octanol–water partition coefficient (Wildman–Crippen LogP) is 3.95. The summed E-state index contributed by atoms with van der Waals surface area (Å²) in [7, 11) is 0. The van der Waals surface area contributed by atoms with Gasteiger partial charge in [-0.05, 0) is 83.2 Å². The van der Waals surface area contributed by atoms with Crippen molar-refractivity contribution in [3.8, 4) is 22.8 Å². The molecule has 1 aliphatic heterocycles. The molecule has 3 aromatic heterocycles. The maximum Gasteiger partial charge on any atom is 0.293 e. The maximum atomic E-state index is 16.0. The highest BCUT2D eigenvalue weighted by Gasteiger charge is 2.55. The molecular formula is C29H32FN9O3. The van der Waals surface area contributed by atoms with Crippen molar-refractivity contribution in [1.29, 1.82) is 0 Å². The number of aryl methyl sites for hydroxylation is 1. The van der Waals surface area contributed by atoms with E-state index in [1.807, 2.05) is 20.8 Å². The topological polar surface area (TPSA) is 142 Å². The van der Waals surface area contributed by atoms with E-state index in [-0.39, 0.29) is 28.3 Å². The Kier molecular flexibility index (Phi) is 5.86. The van der Waals surface area contributed by atoms with Gasteiger partial charge in [-0.2, -0.15) is 4.80 Å². The smallest absolute Gasteiger partial charge is 0.293 e. The van der Waals surface area contributed by atoms with Gasteiger partial charge < -0.3 is 20.1 Å². The molecule has 2 bridgehead atoms. The number of carbonyl (C=O) groups excluding carboxylic acids is 1. The van der Waals surface area contributed by atoms with E-state index in [1.54, 1.807) is 31.3 Å². The molecule has 4 heterocycles. The lowest BCUT2D eigenvalue weighted by Crippen LogP contribution is -2.45. The van der Waals surface area contributed by atoms with Gasteiger partial charge in [0.15, 0.2) is 5.75 Å². The number of benzene rings is 1. The van der Waals surface area contributed by atoms with Crippen LogP contribution in [-0.2, 0) is 5.54 Å². The number of hydrogen-bond acceptors (Lipinski definition) is 10. The lowest BCUT2D eigenvalue weighted by Gasteiger charge is -2.29. The predicted molar refractivity (Wildman–Crippen MR) is 151 cm³/mol. The molecule has 0 unspecified atom stereocenters. The molecule has 42 heavy (non-hydrogen) atoms. The van der Waals surface area contributed by atoms with Gasteiger partial charge in [0.1, 0.15) is 19.0 Å². The molecule has 218 valence electrons. The van der Waals surface area contributed by atoms with E-state index < -0.39 is 5.82 Å². The molecule has 4 aromatic rings. The van der Waals surface area contributed by atoms with Crippen molar-refractivity contribution in [2.24, 2.45) is 0 Å². The zero-order valence-electron chi connectivity index (χ0n) is 24.0. The Bertz CT molecular complexity index is 1720. The summed E-state index contributed by atoms with van der Waals surface area (Å²) in [4.78, 5) is 28.1. The van der Waals surface area contributed by atoms with Crippen molar-refractivity contribution in [2.75, 3.05) is 18.5 Å². The van der Waals surface area contributed by atoms with E-state index in [1.165, 1.54) is 4.80 Å². The Labute approximate surface area is 241 Å². The second-order valence-corrected chi connectivity index (χ2v) is 12.5. The van der Waals surface area contributed by atoms with Gasteiger partial charge in [-0.1, -0.05) is 0 Å². The van der Waals surface area contributed by atoms with Gasteiger partial charge in [0.25, 0.3) is 17.6 Å². The Morgan fingerprint density at radius 3 is 2.55 bits per heavy atom. The van der Waals surface area contributed by atoms with Crippen LogP contribution >= 0.6 is 0 Å². The third-order valence-corrected chi connectivity index (χ3v) is 8.53. The lowest BCUT2D eigenvalue weighted by molar-refractivity contribution is 0.0889. The first-order valence-electron chi connectivity index (χ1n) is 14.2. The number of tetrazole rings is 1. The number of pyridine rings is 1. The number of ether oxygens (including phenoxy) is 2. The molecule has 2 fully saturated rings. The van der Waals surface area contributed by atoms with Gasteiger partial charge in [0.2, 0.25) is 5.95 Å². The van der Waals surface area contributed by atoms with Crippen LogP contribution in [0.1, 0.15) is 69.2 Å². The number of rotatable bonds is 5. The minimum absolute atomic E-state index is 0.0675. The van der Waals surface area contributed by atoms with Crippen molar-refractivity contribution in [2.45, 2.75) is 76.4 Å². The molecular weight excluding hydrogens is 541 g/mol. The quantitative estimate of drug-likeness (QED) is 0.360. The Morgan fingerprint density at radius 2 is 1.79 bits per heavy atom. The highest BCUT2D eigenvalue weighted by Crippen LogP contribution is 2.52. The van der Waals surface area contributed by atoms with E-state index in [0.717, 1.165) is 32.1 Å². The molecule has 13 heteroatoms. The number of hydrogen-bond donors (Lipinski definition) is 2. The van der Waals surface area contributed by atoms with Gasteiger partial charge in [0.05, 0.1) is 22.1 Å². The lowest BCUT2D eigenvalue weighted by atomic mass is 9.91. The van der Waals surface area contributed by atoms with Crippen LogP contribution in [0.4, 0.5) is 10.3 Å². The van der Waals surface area contributed by atoms with Crippen LogP contribution in [0.15, 0.2) is 24.4 Å². The molecule has 0 radical (unpaired) electrons. The van der Waals surface area contributed by atoms with Gasteiger partial charge in [0, 0.05) is 28.4 Å². The first-order valence-corrected chi connectivity index (χ1v) is 14.2. The molecule has 2 N–H and O–H groups in total. The summed E-state index contributed by atoms with van der Waals surface area (Å²) in [6, 6.07) is 5.22. The van der Waals surface area contributed by atoms with Crippen molar-refractivity contribution < 1.29 is 18.7 Å². The summed E-state index contributed by atoms with van der Waals surface area (Å²) >= 11 is 0. The van der Waals surface area contributed by atoms with Gasteiger partial charge in [-0.25, -0.2) is 19.3 Å². The summed E-state index contributed by atoms with van der Waals surface area (Å²) < 4.78 is 27.3. The van der Waals surface area contributed by atoms with Crippen molar-refractivity contribution in [3.05, 3.63) is 41.7 Å². The normalized spacial score (nSPS) is 22.9. The Balaban J connectivity index is 1.12. The van der Waals surface area contributed by atoms with Crippen LogP contribution < -0.4 is 20.1 Å². The maximum absolute atomic E-state index is 16.0. The molecule has 2 aliphatic carbocycles. The second-order valence-electron chi connectivity index (χ2n) is 12.5. The van der Waals surface area contributed by atoms with Gasteiger partial charge in [-0.15, -0.1) is 10.2 Å². The van der Waals surface area contributed by atoms with Gasteiger partial charge >= 0.3 is 0 Å². The standard InChI is InChI=1S/C29H32FN9O3/c1-16-20-19(6-5-17(21(20)30)18-7-12-31-25-22(18)41-13-14-42-25)33-26(32-16)35-29-10-8-28(15-29,9-11-29)34-24(40)23-36-38-39(37-23)27(2,3)4/h5-7,12H,8-11,13-15H2,1-4H3,(H,34,40)(H,32,33,35). The fourth-order valence-electron chi connectivity index (χ4n) is 6.46. The van der Waals surface area contributed by atoms with Crippen LogP contribution in [0.2, 0.25) is 0 Å². The van der Waals surface area contributed by atoms with Crippen LogP contribution in [0.5, 0.6) is 11.6 Å². The molecule has 2 saturated carbocycles. The summed E-state index contributed by atoms with van der Waals surface area (Å²) in [6.07, 6.45) is 5.62. The molecule has 0 spiro atoms. The number of nitrogens with one attached hydrogen (secondary N) is 2. The summed E-state index contributed by atoms with van der Waals surface area (Å²) in [5.41, 5.74) is 0.990. The SMILES string of the molecule is Cc1nc(NC23CCC(NC(=O)c4nnn(C(C)(C)C)n4)(CC2)C3)nc2ccc(-c3ccnc4c3OCCO4)c(F)c12. The highest BCUT2D eigenvalue weighted by molar-refractivity contribution is 5.91. The summed E-state index contributed by atoms with van der Waals surface area (Å²) in [5, 5.41) is 19.4. The average molecular weight is 574 g/mol. The fourth-order valence-corrected chi connectivity index (χ4v) is 6.46. The first-order chi connectivity index (χ1) is 20.0. The molecule has 1 amide bonds. The Hall–Kier alpha value is -4.42. The third kappa shape index (κ3) is 4.38. The molecule has 0 atom stereocenters. The first kappa shape index (κ1) is 26.5. The van der Waals surface area contributed by atoms with E-state index >= 15 is 4.39 Å². The van der Waals surface area contributed by atoms with Crippen LogP contribution in [-0.4, -0.2) is 65.4 Å². The minimum atomic E-state index is -0.419. The number of carbonyl (C=O) groups is 1. The second kappa shape index (κ2) is 9.30. The Morgan fingerprint density at radius 1 is 1.02 bits per heavy atom. The van der Waals surface area contributed by atoms with E-state index in [4.69, 9.17) is 14.5 Å². The van der Waals surface area contributed by atoms with Gasteiger partial charge in [-0.3, -0.25) is 4.79 Å².